The summed E-state index contributed by atoms with van der Waals surface area (Å²) in [7, 11) is 0. The fraction of sp³-hybridized carbons (Fsp3) is 0.154. The second-order valence-electron chi connectivity index (χ2n) is 7.75. The van der Waals surface area contributed by atoms with Crippen molar-refractivity contribution in [1.29, 1.82) is 0 Å². The molecule has 0 heterocycles. The molecule has 26 heavy (non-hydrogen) atoms. The molecule has 0 spiro atoms. The van der Waals surface area contributed by atoms with Gasteiger partial charge < -0.3 is 0 Å². The molecule has 0 saturated carbocycles. The highest BCUT2D eigenvalue weighted by molar-refractivity contribution is 6.13. The zero-order valence-corrected chi connectivity index (χ0v) is 15.8. The van der Waals surface area contributed by atoms with Crippen molar-refractivity contribution in [3.63, 3.8) is 0 Å². The molecule has 5 aromatic carbocycles. The molecule has 0 heteroatoms. The van der Waals surface area contributed by atoms with Crippen LogP contribution in [-0.4, -0.2) is 0 Å². The van der Waals surface area contributed by atoms with E-state index in [1.165, 1.54) is 65.3 Å². The van der Waals surface area contributed by atoms with Crippen LogP contribution in [0.15, 0.2) is 60.7 Å². The van der Waals surface area contributed by atoms with E-state index in [1.807, 2.05) is 0 Å². The first-order valence-electron chi connectivity index (χ1n) is 9.29. The van der Waals surface area contributed by atoms with Crippen LogP contribution in [0.4, 0.5) is 0 Å². The van der Waals surface area contributed by atoms with Crippen LogP contribution in [0.1, 0.15) is 22.3 Å². The molecule has 0 saturated heterocycles. The standard InChI is InChI=1S/C26H22/c1-15-5-7-19-11-23-18(4)26-14-22-10-16(2)6-8-20(22)12-24(26)17(3)25(23)13-21(19)9-15/h5-14H,1-4H3. The molecule has 0 radical (unpaired) electrons. The monoisotopic (exact) mass is 334 g/mol. The quantitative estimate of drug-likeness (QED) is 0.257. The van der Waals surface area contributed by atoms with Gasteiger partial charge in [-0.1, -0.05) is 47.5 Å². The van der Waals surface area contributed by atoms with Gasteiger partial charge in [0, 0.05) is 0 Å². The topological polar surface area (TPSA) is 0 Å². The average Bonchev–Trinajstić information content (AvgIpc) is 2.63. The van der Waals surface area contributed by atoms with Crippen molar-refractivity contribution in [3.05, 3.63) is 82.9 Å². The molecule has 0 amide bonds. The van der Waals surface area contributed by atoms with E-state index in [4.69, 9.17) is 0 Å². The fourth-order valence-electron chi connectivity index (χ4n) is 4.37. The minimum Gasteiger partial charge on any atom is -0.0587 e. The summed E-state index contributed by atoms with van der Waals surface area (Å²) in [6.07, 6.45) is 0. The largest absolute Gasteiger partial charge is 0.0587 e. The number of fused-ring (bicyclic) bond motifs is 4. The Hall–Kier alpha value is -2.86. The molecule has 5 aromatic rings. The van der Waals surface area contributed by atoms with E-state index in [0.717, 1.165) is 0 Å². The second kappa shape index (κ2) is 5.32. The maximum Gasteiger partial charge on any atom is -0.0139 e. The Bertz CT molecular complexity index is 1250. The first kappa shape index (κ1) is 15.4. The summed E-state index contributed by atoms with van der Waals surface area (Å²) in [5.41, 5.74) is 5.39. The highest BCUT2D eigenvalue weighted by Gasteiger charge is 2.11. The predicted octanol–water partition coefficient (Wildman–Crippen LogP) is 7.53. The summed E-state index contributed by atoms with van der Waals surface area (Å²) in [6.45, 7) is 8.87. The van der Waals surface area contributed by atoms with Crippen molar-refractivity contribution in [2.24, 2.45) is 0 Å². The minimum absolute atomic E-state index is 1.31. The zero-order valence-electron chi connectivity index (χ0n) is 15.8. The van der Waals surface area contributed by atoms with E-state index in [-0.39, 0.29) is 0 Å². The molecule has 0 nitrogen and oxygen atoms in total. The third-order valence-electron chi connectivity index (χ3n) is 5.88. The van der Waals surface area contributed by atoms with Gasteiger partial charge in [-0.3, -0.25) is 0 Å². The van der Waals surface area contributed by atoms with Crippen molar-refractivity contribution >= 4 is 43.1 Å². The molecule has 0 aliphatic carbocycles. The number of hydrogen-bond donors (Lipinski definition) is 0. The normalized spacial score (nSPS) is 11.8. The number of rotatable bonds is 0. The Kier molecular flexibility index (Phi) is 3.15. The van der Waals surface area contributed by atoms with Crippen molar-refractivity contribution < 1.29 is 0 Å². The van der Waals surface area contributed by atoms with Gasteiger partial charge in [-0.05, 0) is 106 Å². The molecular weight excluding hydrogens is 312 g/mol. The summed E-state index contributed by atoms with van der Waals surface area (Å²) < 4.78 is 0. The lowest BCUT2D eigenvalue weighted by Crippen LogP contribution is -1.90. The molecule has 126 valence electrons. The minimum atomic E-state index is 1.31. The molecule has 0 bridgehead atoms. The van der Waals surface area contributed by atoms with Crippen LogP contribution in [0.3, 0.4) is 0 Å². The molecule has 0 aliphatic heterocycles. The van der Waals surface area contributed by atoms with E-state index in [2.05, 4.69) is 88.4 Å². The van der Waals surface area contributed by atoms with Crippen LogP contribution >= 0.6 is 0 Å². The van der Waals surface area contributed by atoms with Gasteiger partial charge in [0.1, 0.15) is 0 Å². The van der Waals surface area contributed by atoms with Crippen LogP contribution in [0.5, 0.6) is 0 Å². The predicted molar refractivity (Wildman–Crippen MR) is 115 cm³/mol. The van der Waals surface area contributed by atoms with Gasteiger partial charge in [-0.25, -0.2) is 0 Å². The van der Waals surface area contributed by atoms with Crippen molar-refractivity contribution in [2.75, 3.05) is 0 Å². The molecule has 0 fully saturated rings. The SMILES string of the molecule is Cc1ccc2cc3c(C)c4cc5cc(C)ccc5cc4c(C)c3cc2c1. The van der Waals surface area contributed by atoms with Gasteiger partial charge in [0.2, 0.25) is 0 Å². The second-order valence-corrected chi connectivity index (χ2v) is 7.75. The van der Waals surface area contributed by atoms with Gasteiger partial charge >= 0.3 is 0 Å². The smallest absolute Gasteiger partial charge is 0.0139 e. The summed E-state index contributed by atoms with van der Waals surface area (Å²) >= 11 is 0. The maximum absolute atomic E-state index is 2.37. The summed E-state index contributed by atoms with van der Waals surface area (Å²) in [6, 6.07) is 22.9. The average molecular weight is 334 g/mol. The van der Waals surface area contributed by atoms with E-state index in [1.54, 1.807) is 0 Å². The summed E-state index contributed by atoms with van der Waals surface area (Å²) in [4.78, 5) is 0. The Morgan fingerprint density at radius 1 is 0.385 bits per heavy atom. The van der Waals surface area contributed by atoms with Crippen LogP contribution in [-0.2, 0) is 0 Å². The Morgan fingerprint density at radius 2 is 0.731 bits per heavy atom. The van der Waals surface area contributed by atoms with Crippen molar-refractivity contribution in [2.45, 2.75) is 27.7 Å². The van der Waals surface area contributed by atoms with Gasteiger partial charge in [-0.2, -0.15) is 0 Å². The molecule has 0 N–H and O–H groups in total. The van der Waals surface area contributed by atoms with Gasteiger partial charge in [-0.15, -0.1) is 0 Å². The van der Waals surface area contributed by atoms with E-state index in [9.17, 15) is 0 Å². The number of hydrogen-bond acceptors (Lipinski definition) is 0. The molecular formula is C26H22. The highest BCUT2D eigenvalue weighted by Crippen LogP contribution is 2.36. The lowest BCUT2D eigenvalue weighted by molar-refractivity contribution is 1.49. The lowest BCUT2D eigenvalue weighted by atomic mass is 9.89. The van der Waals surface area contributed by atoms with Gasteiger partial charge in [0.25, 0.3) is 0 Å². The van der Waals surface area contributed by atoms with Crippen LogP contribution in [0, 0.1) is 27.7 Å². The number of aryl methyl sites for hydroxylation is 4. The van der Waals surface area contributed by atoms with E-state index < -0.39 is 0 Å². The van der Waals surface area contributed by atoms with E-state index in [0.29, 0.717) is 0 Å². The number of benzene rings is 5. The summed E-state index contributed by atoms with van der Waals surface area (Å²) in [5.74, 6) is 0. The molecule has 0 unspecified atom stereocenters. The Balaban J connectivity index is 1.99. The molecule has 0 aliphatic rings. The van der Waals surface area contributed by atoms with Crippen LogP contribution in [0.25, 0.3) is 43.1 Å². The molecule has 0 atom stereocenters. The van der Waals surface area contributed by atoms with Crippen molar-refractivity contribution in [3.8, 4) is 0 Å². The van der Waals surface area contributed by atoms with Gasteiger partial charge in [0.15, 0.2) is 0 Å². The van der Waals surface area contributed by atoms with Crippen molar-refractivity contribution in [1.82, 2.24) is 0 Å². The zero-order chi connectivity index (χ0) is 18.0. The summed E-state index contributed by atoms with van der Waals surface area (Å²) in [5, 5.41) is 10.8. The molecule has 5 rings (SSSR count). The van der Waals surface area contributed by atoms with Gasteiger partial charge in [0.05, 0.1) is 0 Å². The fourth-order valence-corrected chi connectivity index (χ4v) is 4.37. The molecule has 0 aromatic heterocycles. The lowest BCUT2D eigenvalue weighted by Gasteiger charge is -2.15. The highest BCUT2D eigenvalue weighted by atomic mass is 14.1. The Labute approximate surface area is 154 Å². The Morgan fingerprint density at radius 3 is 1.12 bits per heavy atom. The first-order chi connectivity index (χ1) is 12.5. The van der Waals surface area contributed by atoms with Crippen LogP contribution < -0.4 is 0 Å². The van der Waals surface area contributed by atoms with E-state index >= 15 is 0 Å². The third kappa shape index (κ3) is 2.15. The third-order valence-corrected chi connectivity index (χ3v) is 5.88. The van der Waals surface area contributed by atoms with Crippen LogP contribution in [0.2, 0.25) is 0 Å². The maximum atomic E-state index is 2.37. The first-order valence-corrected chi connectivity index (χ1v) is 9.29.